The summed E-state index contributed by atoms with van der Waals surface area (Å²) in [5, 5.41) is 6.51. The minimum absolute atomic E-state index is 0.00547. The summed E-state index contributed by atoms with van der Waals surface area (Å²) in [4.78, 5) is 21.4. The summed E-state index contributed by atoms with van der Waals surface area (Å²) in [6.07, 6.45) is 1.71. The average molecular weight is 466 g/mol. The fraction of sp³-hybridized carbons (Fsp3) is 0.350. The molecule has 0 saturated heterocycles. The first kappa shape index (κ1) is 20.6. The Hall–Kier alpha value is -2.12. The van der Waals surface area contributed by atoms with Crippen molar-refractivity contribution in [2.75, 3.05) is 5.32 Å². The van der Waals surface area contributed by atoms with E-state index in [0.717, 1.165) is 4.47 Å². The number of benzene rings is 1. The molecule has 0 bridgehead atoms. The van der Waals surface area contributed by atoms with Crippen LogP contribution in [0.4, 0.5) is 5.82 Å². The number of oxazole rings is 1. The molecule has 0 radical (unpaired) electrons. The molecule has 0 aliphatic rings. The third kappa shape index (κ3) is 4.64. The number of nitrogens with zero attached hydrogens (tertiary/aromatic N) is 2. The topological polar surface area (TPSA) is 80.0 Å². The summed E-state index contributed by atoms with van der Waals surface area (Å²) in [5.74, 6) is 0.810. The molecule has 0 atom stereocenters. The lowest BCUT2D eigenvalue weighted by molar-refractivity contribution is 0.0943. The molecule has 0 aliphatic carbocycles. The highest BCUT2D eigenvalue weighted by Gasteiger charge is 2.20. The van der Waals surface area contributed by atoms with E-state index in [1.165, 1.54) is 0 Å². The molecule has 6 nitrogen and oxygen atoms in total. The normalized spacial score (nSPS) is 11.9. The lowest BCUT2D eigenvalue weighted by Crippen LogP contribution is -2.30. The van der Waals surface area contributed by atoms with E-state index < -0.39 is 0 Å². The van der Waals surface area contributed by atoms with Crippen molar-refractivity contribution in [3.05, 3.63) is 39.5 Å². The Kier molecular flexibility index (Phi) is 5.68. The highest BCUT2D eigenvalue weighted by molar-refractivity contribution is 9.10. The number of amides is 1. The highest BCUT2D eigenvalue weighted by atomic mass is 79.9. The number of nitrogens with one attached hydrogen (secondary N) is 2. The van der Waals surface area contributed by atoms with Gasteiger partial charge in [0.25, 0.3) is 5.91 Å². The lowest BCUT2D eigenvalue weighted by atomic mass is 10.1. The number of fused-ring (bicyclic) bond motifs is 1. The van der Waals surface area contributed by atoms with Gasteiger partial charge in [-0.1, -0.05) is 11.6 Å². The molecule has 0 aliphatic heterocycles. The predicted octanol–water partition coefficient (Wildman–Crippen LogP) is 5.65. The average Bonchev–Trinajstić information content (AvgIpc) is 2.96. The van der Waals surface area contributed by atoms with Crippen LogP contribution in [-0.4, -0.2) is 27.5 Å². The number of anilines is 1. The molecule has 0 fully saturated rings. The largest absolute Gasteiger partial charge is 0.436 e. The number of halogens is 2. The van der Waals surface area contributed by atoms with Crippen LogP contribution in [0.25, 0.3) is 22.6 Å². The van der Waals surface area contributed by atoms with Gasteiger partial charge in [-0.3, -0.25) is 4.79 Å². The quantitative estimate of drug-likeness (QED) is 0.520. The van der Waals surface area contributed by atoms with Crippen molar-refractivity contribution in [3.63, 3.8) is 0 Å². The lowest BCUT2D eigenvalue weighted by Gasteiger charge is -2.22. The number of aromatic nitrogens is 2. The minimum atomic E-state index is -0.245. The molecular formula is C20H22BrClN4O2. The Morgan fingerprint density at radius 2 is 1.96 bits per heavy atom. The smallest absolute Gasteiger partial charge is 0.253 e. The van der Waals surface area contributed by atoms with E-state index in [9.17, 15) is 4.79 Å². The van der Waals surface area contributed by atoms with Crippen molar-refractivity contribution >= 4 is 50.4 Å². The molecule has 0 unspecified atom stereocenters. The van der Waals surface area contributed by atoms with Crippen molar-refractivity contribution < 1.29 is 9.21 Å². The SMILES string of the molecule is CC(C)NC(=O)c1cc2nc(-c3cc(Br)cnc3NC(C)(C)C)oc2cc1Cl. The summed E-state index contributed by atoms with van der Waals surface area (Å²) in [7, 11) is 0. The zero-order valence-electron chi connectivity index (χ0n) is 16.4. The summed E-state index contributed by atoms with van der Waals surface area (Å²) >= 11 is 9.75. The van der Waals surface area contributed by atoms with Crippen LogP contribution in [0.15, 0.2) is 33.3 Å². The summed E-state index contributed by atoms with van der Waals surface area (Å²) in [6, 6.07) is 5.15. The molecule has 0 saturated carbocycles. The molecule has 2 aromatic heterocycles. The molecule has 3 rings (SSSR count). The zero-order valence-corrected chi connectivity index (χ0v) is 18.7. The van der Waals surface area contributed by atoms with Gasteiger partial charge in [0.2, 0.25) is 5.89 Å². The second-order valence-corrected chi connectivity index (χ2v) is 9.19. The molecule has 148 valence electrons. The molecular weight excluding hydrogens is 444 g/mol. The van der Waals surface area contributed by atoms with Crippen molar-refractivity contribution in [2.45, 2.75) is 46.2 Å². The summed E-state index contributed by atoms with van der Waals surface area (Å²) in [6.45, 7) is 9.93. The van der Waals surface area contributed by atoms with Crippen LogP contribution in [0.3, 0.4) is 0 Å². The fourth-order valence-electron chi connectivity index (χ4n) is 2.64. The molecule has 1 amide bonds. The van der Waals surface area contributed by atoms with Crippen LogP contribution in [0, 0.1) is 0 Å². The first-order valence-corrected chi connectivity index (χ1v) is 10.1. The molecule has 3 aromatic rings. The van der Waals surface area contributed by atoms with Crippen molar-refractivity contribution in [1.82, 2.24) is 15.3 Å². The zero-order chi connectivity index (χ0) is 20.6. The molecule has 0 spiro atoms. The van der Waals surface area contributed by atoms with Gasteiger partial charge < -0.3 is 15.1 Å². The third-order valence-electron chi connectivity index (χ3n) is 3.72. The Balaban J connectivity index is 2.08. The first-order chi connectivity index (χ1) is 13.0. The number of hydrogen-bond donors (Lipinski definition) is 2. The Morgan fingerprint density at radius 3 is 2.61 bits per heavy atom. The van der Waals surface area contributed by atoms with Crippen molar-refractivity contribution in [1.29, 1.82) is 0 Å². The predicted molar refractivity (Wildman–Crippen MR) is 116 cm³/mol. The second kappa shape index (κ2) is 7.72. The van der Waals surface area contributed by atoms with E-state index in [4.69, 9.17) is 16.0 Å². The molecule has 28 heavy (non-hydrogen) atoms. The van der Waals surface area contributed by atoms with Crippen LogP contribution in [0.1, 0.15) is 45.0 Å². The van der Waals surface area contributed by atoms with Gasteiger partial charge >= 0.3 is 0 Å². The number of hydrogen-bond acceptors (Lipinski definition) is 5. The molecule has 1 aromatic carbocycles. The van der Waals surface area contributed by atoms with E-state index in [1.807, 2.05) is 40.7 Å². The van der Waals surface area contributed by atoms with Crippen LogP contribution in [0.5, 0.6) is 0 Å². The van der Waals surface area contributed by atoms with Gasteiger partial charge in [0.15, 0.2) is 5.58 Å². The fourth-order valence-corrected chi connectivity index (χ4v) is 3.21. The van der Waals surface area contributed by atoms with Crippen LogP contribution >= 0.6 is 27.5 Å². The first-order valence-electron chi connectivity index (χ1n) is 8.88. The maximum atomic E-state index is 12.4. The minimum Gasteiger partial charge on any atom is -0.436 e. The van der Waals surface area contributed by atoms with Gasteiger partial charge in [0, 0.05) is 28.3 Å². The van der Waals surface area contributed by atoms with Gasteiger partial charge in [-0.05, 0) is 62.7 Å². The number of rotatable bonds is 4. The number of pyridine rings is 1. The maximum absolute atomic E-state index is 12.4. The Bertz CT molecular complexity index is 1040. The standard InChI is InChI=1S/C20H22BrClN4O2/c1-10(2)24-18(27)12-7-15-16(8-14(12)22)28-19(25-15)13-6-11(21)9-23-17(13)26-20(3,4)5/h6-10H,1-5H3,(H,23,26)(H,24,27). The summed E-state index contributed by atoms with van der Waals surface area (Å²) < 4.78 is 6.74. The highest BCUT2D eigenvalue weighted by Crippen LogP contribution is 2.34. The van der Waals surface area contributed by atoms with Crippen LogP contribution < -0.4 is 10.6 Å². The van der Waals surface area contributed by atoms with Gasteiger partial charge in [0.05, 0.1) is 16.1 Å². The summed E-state index contributed by atoms with van der Waals surface area (Å²) in [5.41, 5.74) is 1.94. The van der Waals surface area contributed by atoms with Gasteiger partial charge in [-0.2, -0.15) is 0 Å². The molecule has 2 heterocycles. The second-order valence-electron chi connectivity index (χ2n) is 7.87. The van der Waals surface area contributed by atoms with E-state index in [0.29, 0.717) is 39.0 Å². The van der Waals surface area contributed by atoms with Gasteiger partial charge in [0.1, 0.15) is 11.3 Å². The van der Waals surface area contributed by atoms with Gasteiger partial charge in [-0.15, -0.1) is 0 Å². The van der Waals surface area contributed by atoms with Gasteiger partial charge in [-0.25, -0.2) is 9.97 Å². The Labute approximate surface area is 177 Å². The molecule has 8 heteroatoms. The van der Waals surface area contributed by atoms with Crippen LogP contribution in [0.2, 0.25) is 5.02 Å². The van der Waals surface area contributed by atoms with E-state index in [2.05, 4.69) is 36.5 Å². The number of carbonyl (C=O) groups is 1. The molecule has 2 N–H and O–H groups in total. The van der Waals surface area contributed by atoms with E-state index in [1.54, 1.807) is 18.3 Å². The van der Waals surface area contributed by atoms with Crippen LogP contribution in [-0.2, 0) is 0 Å². The third-order valence-corrected chi connectivity index (χ3v) is 4.47. The van der Waals surface area contributed by atoms with E-state index in [-0.39, 0.29) is 17.5 Å². The monoisotopic (exact) mass is 464 g/mol. The number of carbonyl (C=O) groups excluding carboxylic acids is 1. The van der Waals surface area contributed by atoms with Crippen molar-refractivity contribution in [3.8, 4) is 11.5 Å². The maximum Gasteiger partial charge on any atom is 0.253 e. The van der Waals surface area contributed by atoms with E-state index >= 15 is 0 Å². The van der Waals surface area contributed by atoms with Crippen molar-refractivity contribution in [2.24, 2.45) is 0 Å². The Morgan fingerprint density at radius 1 is 1.25 bits per heavy atom.